The second kappa shape index (κ2) is 48.2. The molecular weight excluding hydrogens is 1370 g/mol. The van der Waals surface area contributed by atoms with Gasteiger partial charge >= 0.3 is 0 Å². The van der Waals surface area contributed by atoms with E-state index < -0.39 is 0 Å². The average molecular weight is 1520 g/mol. The van der Waals surface area contributed by atoms with E-state index in [2.05, 4.69) is 450 Å². The summed E-state index contributed by atoms with van der Waals surface area (Å²) in [6.07, 6.45) is 1.03. The summed E-state index contributed by atoms with van der Waals surface area (Å²) in [5.41, 5.74) is 50.3. The van der Waals surface area contributed by atoms with Gasteiger partial charge in [0.05, 0.1) is 0 Å². The summed E-state index contributed by atoms with van der Waals surface area (Å²) in [5, 5.41) is 0. The molecule has 0 saturated carbocycles. The number of aryl methyl sites for hydroxylation is 23. The van der Waals surface area contributed by atoms with Gasteiger partial charge in [-0.25, -0.2) is 0 Å². The molecule has 606 valence electrons. The SMILES string of the molecule is C.C.C.C.C.Cc1cc(-c2cc(C)c(C)c(C)c2)cc(C)c1C.Cc1cc(C(C)(C)c2cc(C)c(C)c(C)c2)cc(C)c1C.Cc1ccc(-c2ccc(C)c(C)c2)cc1C.Cc1ccc(-c2ccc(C)cc2)cc1.Cc1ccc(C)c(C)c1.Cc1ccc(C)cc1.Cc1ccc(Cc2ccc(C)cc2)cc1.Cc1cccc(C)c1. The minimum absolute atomic E-state index is 0. The number of rotatable bonds is 7. The molecule has 0 aliphatic rings. The molecule has 114 heavy (non-hydrogen) atoms. The van der Waals surface area contributed by atoms with E-state index >= 15 is 0 Å². The molecule has 0 aromatic heterocycles. The van der Waals surface area contributed by atoms with Crippen LogP contribution in [-0.4, -0.2) is 0 Å². The molecular formula is C114H150. The Labute approximate surface area is 699 Å². The summed E-state index contributed by atoms with van der Waals surface area (Å²) in [7, 11) is 0. The van der Waals surface area contributed by atoms with Crippen LogP contribution in [0.4, 0.5) is 0 Å². The molecule has 0 aliphatic heterocycles. The Morgan fingerprint density at radius 3 is 0.605 bits per heavy atom. The molecule has 13 aromatic rings. The maximum atomic E-state index is 2.35. The highest BCUT2D eigenvalue weighted by atomic mass is 14.3. The van der Waals surface area contributed by atoms with Crippen molar-refractivity contribution in [3.63, 3.8) is 0 Å². The minimum Gasteiger partial charge on any atom is -0.0776 e. The van der Waals surface area contributed by atoms with Crippen molar-refractivity contribution >= 4 is 0 Å². The predicted molar refractivity (Wildman–Crippen MR) is 517 cm³/mol. The van der Waals surface area contributed by atoms with Gasteiger partial charge in [0, 0.05) is 5.41 Å². The van der Waals surface area contributed by atoms with Crippen LogP contribution in [0.25, 0.3) is 33.4 Å². The minimum atomic E-state index is 0. The second-order valence-corrected chi connectivity index (χ2v) is 31.9. The zero-order valence-corrected chi connectivity index (χ0v) is 72.4. The Morgan fingerprint density at radius 1 is 0.167 bits per heavy atom. The number of hydrogen-bond donors (Lipinski definition) is 0. The van der Waals surface area contributed by atoms with Crippen LogP contribution >= 0.6 is 0 Å². The van der Waals surface area contributed by atoms with E-state index in [-0.39, 0.29) is 42.5 Å². The Hall–Kier alpha value is -10.1. The monoisotopic (exact) mass is 1520 g/mol. The van der Waals surface area contributed by atoms with E-state index in [1.54, 1.807) is 0 Å². The van der Waals surface area contributed by atoms with Gasteiger partial charge in [0.25, 0.3) is 0 Å². The molecule has 0 radical (unpaired) electrons. The van der Waals surface area contributed by atoms with Crippen LogP contribution in [0, 0.1) is 187 Å². The summed E-state index contributed by atoms with van der Waals surface area (Å²) < 4.78 is 0. The third-order valence-electron chi connectivity index (χ3n) is 22.0. The van der Waals surface area contributed by atoms with Crippen molar-refractivity contribution in [3.8, 4) is 33.4 Å². The fourth-order valence-corrected chi connectivity index (χ4v) is 12.7. The smallest absolute Gasteiger partial charge is 0.0146 e. The molecule has 0 N–H and O–H groups in total. The van der Waals surface area contributed by atoms with Gasteiger partial charge in [0.15, 0.2) is 0 Å². The lowest BCUT2D eigenvalue weighted by Gasteiger charge is -2.29. The molecule has 0 amide bonds. The zero-order valence-electron chi connectivity index (χ0n) is 72.4. The van der Waals surface area contributed by atoms with Crippen molar-refractivity contribution in [2.45, 2.75) is 250 Å². The van der Waals surface area contributed by atoms with E-state index in [0.717, 1.165) is 6.42 Å². The molecule has 0 heterocycles. The first kappa shape index (κ1) is 102. The first-order valence-electron chi connectivity index (χ1n) is 39.2. The molecule has 0 spiro atoms. The van der Waals surface area contributed by atoms with Gasteiger partial charge in [-0.2, -0.15) is 0 Å². The van der Waals surface area contributed by atoms with E-state index in [1.165, 1.54) is 206 Å². The third kappa shape index (κ3) is 31.7. The quantitative estimate of drug-likeness (QED) is 0.149. The van der Waals surface area contributed by atoms with Crippen LogP contribution in [0.3, 0.4) is 0 Å². The fourth-order valence-electron chi connectivity index (χ4n) is 12.7. The summed E-state index contributed by atoms with van der Waals surface area (Å²) >= 11 is 0. The average Bonchev–Trinajstić information content (AvgIpc) is 0.768. The van der Waals surface area contributed by atoms with Gasteiger partial charge in [0.2, 0.25) is 0 Å². The Morgan fingerprint density at radius 2 is 0.368 bits per heavy atom. The molecule has 0 nitrogen and oxygen atoms in total. The molecule has 13 aromatic carbocycles. The topological polar surface area (TPSA) is 0 Å². The van der Waals surface area contributed by atoms with Gasteiger partial charge in [-0.1, -0.05) is 350 Å². The molecule has 0 unspecified atom stereocenters. The lowest BCUT2D eigenvalue weighted by molar-refractivity contribution is 0.637. The Balaban J connectivity index is 0.000000659. The van der Waals surface area contributed by atoms with E-state index in [9.17, 15) is 0 Å². The molecule has 0 bridgehead atoms. The van der Waals surface area contributed by atoms with Crippen LogP contribution in [0.2, 0.25) is 0 Å². The van der Waals surface area contributed by atoms with Crippen molar-refractivity contribution in [1.82, 2.24) is 0 Å². The first-order chi connectivity index (χ1) is 51.4. The maximum absolute atomic E-state index is 2.35. The largest absolute Gasteiger partial charge is 0.0776 e. The maximum Gasteiger partial charge on any atom is 0.0146 e. The molecule has 0 atom stereocenters. The Bertz CT molecular complexity index is 4680. The zero-order chi connectivity index (χ0) is 80.6. The van der Waals surface area contributed by atoms with Gasteiger partial charge in [-0.15, -0.1) is 0 Å². The van der Waals surface area contributed by atoms with Gasteiger partial charge in [0.1, 0.15) is 0 Å². The third-order valence-corrected chi connectivity index (χ3v) is 22.0. The molecule has 0 aliphatic carbocycles. The Kier molecular flexibility index (Phi) is 43.0. The van der Waals surface area contributed by atoms with Crippen LogP contribution in [-0.2, 0) is 11.8 Å². The van der Waals surface area contributed by atoms with Crippen molar-refractivity contribution in [1.29, 1.82) is 0 Å². The molecule has 0 fully saturated rings. The van der Waals surface area contributed by atoms with E-state index in [4.69, 9.17) is 0 Å². The predicted octanol–water partition coefficient (Wildman–Crippen LogP) is 33.9. The van der Waals surface area contributed by atoms with Crippen molar-refractivity contribution in [3.05, 3.63) is 421 Å². The molecule has 13 rings (SSSR count). The van der Waals surface area contributed by atoms with Gasteiger partial charge in [-0.3, -0.25) is 0 Å². The number of hydrogen-bond acceptors (Lipinski definition) is 0. The van der Waals surface area contributed by atoms with Crippen LogP contribution in [0.1, 0.15) is 223 Å². The second-order valence-electron chi connectivity index (χ2n) is 31.9. The van der Waals surface area contributed by atoms with E-state index in [0.29, 0.717) is 0 Å². The van der Waals surface area contributed by atoms with Crippen molar-refractivity contribution in [2.75, 3.05) is 0 Å². The van der Waals surface area contributed by atoms with Crippen molar-refractivity contribution < 1.29 is 0 Å². The fraction of sp³-hybridized carbons (Fsp3) is 0.316. The lowest BCUT2D eigenvalue weighted by Crippen LogP contribution is -2.20. The van der Waals surface area contributed by atoms with Crippen molar-refractivity contribution in [2.24, 2.45) is 0 Å². The highest BCUT2D eigenvalue weighted by Crippen LogP contribution is 2.36. The molecule has 0 heteroatoms. The number of benzene rings is 13. The summed E-state index contributed by atoms with van der Waals surface area (Å²) in [6, 6.07) is 90.1. The van der Waals surface area contributed by atoms with Gasteiger partial charge in [-0.05, 0) is 349 Å². The van der Waals surface area contributed by atoms with E-state index in [1.807, 2.05) is 0 Å². The summed E-state index contributed by atoms with van der Waals surface area (Å²) in [6.45, 7) is 63.0. The van der Waals surface area contributed by atoms with Gasteiger partial charge < -0.3 is 0 Å². The normalized spacial score (nSPS) is 10.0. The lowest BCUT2D eigenvalue weighted by atomic mass is 9.75. The highest BCUT2D eigenvalue weighted by molar-refractivity contribution is 5.69. The van der Waals surface area contributed by atoms with Crippen LogP contribution in [0.5, 0.6) is 0 Å². The highest BCUT2D eigenvalue weighted by Gasteiger charge is 2.25. The van der Waals surface area contributed by atoms with Crippen LogP contribution in [0.15, 0.2) is 249 Å². The summed E-state index contributed by atoms with van der Waals surface area (Å²) in [5.74, 6) is 0. The summed E-state index contributed by atoms with van der Waals surface area (Å²) in [4.78, 5) is 0. The first-order valence-corrected chi connectivity index (χ1v) is 39.2. The van der Waals surface area contributed by atoms with Crippen LogP contribution < -0.4 is 0 Å². The molecule has 0 saturated heterocycles. The standard InChI is InChI=1S/C21H28.C18H22.C16H18.C15H16.C14H14.C9H12.2C8H10.5CH4/c1-13-9-19(10-14(2)17(13)5)21(7,8)20-11-15(3)18(6)16(4)12-20;1-11-7-17(8-12(2)15(11)5)18-9-13(3)16(6)14(4)10-18;1-11-5-7-15(9-13(11)3)16-8-6-12(2)14(4)10-16;1-12-3-7-14(8-4-12)11-15-9-5-13(2)6-10-15;1-11-3-7-13(8-4-11)14-9-5-12(2)6-10-14;1-7-4-5-8(2)9(3)6-7;1-7-3-5-8(2)6-4-7;1-7-4-3-5-8(2)6-7;;;;;/h9-12H,1-8H3;7-10H,1-6H3;5-10H,1-4H3;3-10H,11H2,1-2H3;3-10H,1-2H3;4-6H,1-3H3;2*3-6H,1-2H3;5*1H4.